The third-order valence-corrected chi connectivity index (χ3v) is 3.53. The lowest BCUT2D eigenvalue weighted by Gasteiger charge is -2.21. The molecule has 0 aliphatic carbocycles. The second-order valence-electron chi connectivity index (χ2n) is 6.45. The van der Waals surface area contributed by atoms with E-state index in [0.29, 0.717) is 5.92 Å². The highest BCUT2D eigenvalue weighted by Crippen LogP contribution is 2.32. The van der Waals surface area contributed by atoms with E-state index in [1.165, 1.54) is 10.9 Å². The molecule has 0 saturated heterocycles. The van der Waals surface area contributed by atoms with E-state index in [-0.39, 0.29) is 5.41 Å². The smallest absolute Gasteiger partial charge is 0.0760 e. The molecule has 0 atom stereocenters. The number of pyridine rings is 1. The number of hydrogen-bond acceptors (Lipinski definition) is 2. The highest BCUT2D eigenvalue weighted by atomic mass is 14.8. The predicted octanol–water partition coefficient (Wildman–Crippen LogP) is 4.70. The zero-order valence-electron chi connectivity index (χ0n) is 12.8. The van der Waals surface area contributed by atoms with Crippen LogP contribution in [0.5, 0.6) is 0 Å². The van der Waals surface area contributed by atoms with Gasteiger partial charge in [-0.05, 0) is 17.5 Å². The molecule has 0 amide bonds. The quantitative estimate of drug-likeness (QED) is 0.842. The molecule has 1 aromatic carbocycles. The summed E-state index contributed by atoms with van der Waals surface area (Å²) >= 11 is 0. The first kappa shape index (κ1) is 13.9. The van der Waals surface area contributed by atoms with E-state index in [1.807, 2.05) is 7.05 Å². The van der Waals surface area contributed by atoms with Gasteiger partial charge in [-0.1, -0.05) is 52.8 Å². The summed E-state index contributed by atoms with van der Waals surface area (Å²) in [5, 5.41) is 4.52. The van der Waals surface area contributed by atoms with E-state index >= 15 is 0 Å². The molecule has 0 aliphatic rings. The average Bonchev–Trinajstić information content (AvgIpc) is 2.35. The summed E-state index contributed by atoms with van der Waals surface area (Å²) in [5.74, 6) is 0.483. The number of anilines is 1. The van der Waals surface area contributed by atoms with Crippen molar-refractivity contribution < 1.29 is 0 Å². The summed E-state index contributed by atoms with van der Waals surface area (Å²) in [6.45, 7) is 11.1. The number of aromatic nitrogens is 1. The zero-order chi connectivity index (χ0) is 14.2. The molecule has 0 radical (unpaired) electrons. The second kappa shape index (κ2) is 4.84. The fraction of sp³-hybridized carbons (Fsp3) is 0.471. The standard InChI is InChI=1S/C17H24N2/c1-11(2)12-8-7-9-13-14(18-6)10-15(17(3,4)5)19-16(12)13/h7-11H,1-6H3,(H,18,19). The lowest BCUT2D eigenvalue weighted by molar-refractivity contribution is 0.571. The Balaban J connectivity index is 2.82. The van der Waals surface area contributed by atoms with Gasteiger partial charge in [0.1, 0.15) is 0 Å². The minimum atomic E-state index is 0.0594. The van der Waals surface area contributed by atoms with Gasteiger partial charge in [0.15, 0.2) is 0 Å². The van der Waals surface area contributed by atoms with Crippen LogP contribution in [0.4, 0.5) is 5.69 Å². The Labute approximate surface area is 116 Å². The van der Waals surface area contributed by atoms with Crippen LogP contribution in [0.3, 0.4) is 0 Å². The number of fused-ring (bicyclic) bond motifs is 1. The molecule has 0 spiro atoms. The van der Waals surface area contributed by atoms with E-state index in [4.69, 9.17) is 4.98 Å². The number of rotatable bonds is 2. The van der Waals surface area contributed by atoms with Crippen LogP contribution in [0.25, 0.3) is 10.9 Å². The normalized spacial score (nSPS) is 12.2. The first-order valence-electron chi connectivity index (χ1n) is 6.96. The van der Waals surface area contributed by atoms with Crippen LogP contribution in [0, 0.1) is 0 Å². The largest absolute Gasteiger partial charge is 0.388 e. The summed E-state index contributed by atoms with van der Waals surface area (Å²) in [5.41, 5.74) is 4.81. The summed E-state index contributed by atoms with van der Waals surface area (Å²) < 4.78 is 0. The molecule has 1 N–H and O–H groups in total. The monoisotopic (exact) mass is 256 g/mol. The Bertz CT molecular complexity index is 592. The van der Waals surface area contributed by atoms with Crippen LogP contribution in [0.15, 0.2) is 24.3 Å². The summed E-state index contributed by atoms with van der Waals surface area (Å²) in [4.78, 5) is 4.94. The Hall–Kier alpha value is -1.57. The minimum Gasteiger partial charge on any atom is -0.388 e. The number of hydrogen-bond donors (Lipinski definition) is 1. The Kier molecular flexibility index (Phi) is 3.53. The van der Waals surface area contributed by atoms with Gasteiger partial charge >= 0.3 is 0 Å². The van der Waals surface area contributed by atoms with Crippen LogP contribution in [-0.4, -0.2) is 12.0 Å². The molecule has 1 heterocycles. The first-order chi connectivity index (χ1) is 8.84. The zero-order valence-corrected chi connectivity index (χ0v) is 12.8. The van der Waals surface area contributed by atoms with E-state index in [1.54, 1.807) is 0 Å². The van der Waals surface area contributed by atoms with Gasteiger partial charge in [0.05, 0.1) is 5.52 Å². The number of para-hydroxylation sites is 1. The van der Waals surface area contributed by atoms with E-state index in [2.05, 4.69) is 64.2 Å². The molecule has 2 aromatic rings. The van der Waals surface area contributed by atoms with E-state index < -0.39 is 0 Å². The third kappa shape index (κ3) is 2.58. The van der Waals surface area contributed by atoms with Crippen molar-refractivity contribution in [2.24, 2.45) is 0 Å². The first-order valence-corrected chi connectivity index (χ1v) is 6.96. The topological polar surface area (TPSA) is 24.9 Å². The van der Waals surface area contributed by atoms with Gasteiger partial charge < -0.3 is 5.32 Å². The third-order valence-electron chi connectivity index (χ3n) is 3.53. The van der Waals surface area contributed by atoms with Crippen molar-refractivity contribution in [1.82, 2.24) is 4.98 Å². The van der Waals surface area contributed by atoms with Crippen LogP contribution in [0.2, 0.25) is 0 Å². The molecular weight excluding hydrogens is 232 g/mol. The maximum atomic E-state index is 4.94. The van der Waals surface area contributed by atoms with Gasteiger partial charge in [-0.15, -0.1) is 0 Å². The number of nitrogens with zero attached hydrogens (tertiary/aromatic N) is 1. The van der Waals surface area contributed by atoms with Crippen molar-refractivity contribution in [1.29, 1.82) is 0 Å². The Morgan fingerprint density at radius 2 is 1.84 bits per heavy atom. The van der Waals surface area contributed by atoms with Crippen molar-refractivity contribution in [3.05, 3.63) is 35.5 Å². The van der Waals surface area contributed by atoms with Crippen molar-refractivity contribution in [3.63, 3.8) is 0 Å². The molecule has 0 saturated carbocycles. The van der Waals surface area contributed by atoms with Crippen LogP contribution >= 0.6 is 0 Å². The molecule has 102 valence electrons. The van der Waals surface area contributed by atoms with Crippen molar-refractivity contribution >= 4 is 16.6 Å². The molecule has 2 nitrogen and oxygen atoms in total. The van der Waals surface area contributed by atoms with Crippen LogP contribution in [0.1, 0.15) is 51.8 Å². The summed E-state index contributed by atoms with van der Waals surface area (Å²) in [6, 6.07) is 8.63. The molecule has 0 unspecified atom stereocenters. The lowest BCUT2D eigenvalue weighted by Crippen LogP contribution is -2.14. The van der Waals surface area contributed by atoms with Crippen molar-refractivity contribution in [2.45, 2.75) is 46.0 Å². The number of nitrogens with one attached hydrogen (secondary N) is 1. The molecule has 0 aliphatic heterocycles. The Morgan fingerprint density at radius 3 is 2.37 bits per heavy atom. The molecule has 0 fully saturated rings. The number of benzene rings is 1. The molecule has 1 aromatic heterocycles. The molecular formula is C17H24N2. The van der Waals surface area contributed by atoms with Crippen LogP contribution < -0.4 is 5.32 Å². The molecule has 2 rings (SSSR count). The predicted molar refractivity (Wildman–Crippen MR) is 84.1 cm³/mol. The van der Waals surface area contributed by atoms with E-state index in [0.717, 1.165) is 16.9 Å². The minimum absolute atomic E-state index is 0.0594. The van der Waals surface area contributed by atoms with Gasteiger partial charge in [-0.3, -0.25) is 4.98 Å². The van der Waals surface area contributed by atoms with Crippen molar-refractivity contribution in [3.8, 4) is 0 Å². The SMILES string of the molecule is CNc1cc(C(C)(C)C)nc2c(C(C)C)cccc12. The molecule has 19 heavy (non-hydrogen) atoms. The summed E-state index contributed by atoms with van der Waals surface area (Å²) in [7, 11) is 1.98. The van der Waals surface area contributed by atoms with Crippen molar-refractivity contribution in [2.75, 3.05) is 12.4 Å². The average molecular weight is 256 g/mol. The maximum absolute atomic E-state index is 4.94. The second-order valence-corrected chi connectivity index (χ2v) is 6.45. The van der Waals surface area contributed by atoms with Gasteiger partial charge in [-0.2, -0.15) is 0 Å². The highest BCUT2D eigenvalue weighted by Gasteiger charge is 2.19. The van der Waals surface area contributed by atoms with Gasteiger partial charge in [0.25, 0.3) is 0 Å². The lowest BCUT2D eigenvalue weighted by atomic mass is 9.90. The van der Waals surface area contributed by atoms with Gasteiger partial charge in [0.2, 0.25) is 0 Å². The molecule has 0 bridgehead atoms. The summed E-state index contributed by atoms with van der Waals surface area (Å²) in [6.07, 6.45) is 0. The maximum Gasteiger partial charge on any atom is 0.0760 e. The van der Waals surface area contributed by atoms with Crippen LogP contribution in [-0.2, 0) is 5.41 Å². The Morgan fingerprint density at radius 1 is 1.16 bits per heavy atom. The van der Waals surface area contributed by atoms with Gasteiger partial charge in [0, 0.05) is 29.2 Å². The highest BCUT2D eigenvalue weighted by molar-refractivity contribution is 5.93. The fourth-order valence-corrected chi connectivity index (χ4v) is 2.33. The van der Waals surface area contributed by atoms with Gasteiger partial charge in [-0.25, -0.2) is 0 Å². The fourth-order valence-electron chi connectivity index (χ4n) is 2.33. The molecule has 2 heteroatoms. The van der Waals surface area contributed by atoms with E-state index in [9.17, 15) is 0 Å².